The van der Waals surface area contributed by atoms with Crippen LogP contribution >= 0.6 is 0 Å². The van der Waals surface area contributed by atoms with Crippen LogP contribution in [0.25, 0.3) is 0 Å². The molecule has 0 radical (unpaired) electrons. The van der Waals surface area contributed by atoms with E-state index in [-0.39, 0.29) is 0 Å². The van der Waals surface area contributed by atoms with E-state index in [0.717, 1.165) is 35.5 Å². The van der Waals surface area contributed by atoms with Gasteiger partial charge in [0.15, 0.2) is 0 Å². The van der Waals surface area contributed by atoms with Gasteiger partial charge in [-0.1, -0.05) is 40.5 Å². The first kappa shape index (κ1) is 12.5. The Morgan fingerprint density at radius 2 is 1.56 bits per heavy atom. The minimum absolute atomic E-state index is 0.966. The summed E-state index contributed by atoms with van der Waals surface area (Å²) >= 11 is 0. The standard InChI is InChI=1S/C16H30/c1-11-5-7-15(8-6-11)14(4)12(2)9-16-10-13(16)3/h11-16H,5-10H2,1-4H3. The second-order valence-electron chi connectivity index (χ2n) is 7.07. The van der Waals surface area contributed by atoms with Crippen LogP contribution < -0.4 is 0 Å². The number of rotatable bonds is 4. The SMILES string of the molecule is CC1CCC(C(C)C(C)CC2CC2C)CC1. The molecule has 2 aliphatic rings. The molecule has 2 rings (SSSR count). The third-order valence-electron chi connectivity index (χ3n) is 5.65. The lowest BCUT2D eigenvalue weighted by Crippen LogP contribution is -2.24. The van der Waals surface area contributed by atoms with Crippen molar-refractivity contribution in [3.63, 3.8) is 0 Å². The molecule has 0 amide bonds. The summed E-state index contributed by atoms with van der Waals surface area (Å²) in [5.74, 6) is 6.11. The predicted molar refractivity (Wildman–Crippen MR) is 71.3 cm³/mol. The lowest BCUT2D eigenvalue weighted by atomic mass is 9.72. The van der Waals surface area contributed by atoms with Gasteiger partial charge in [-0.15, -0.1) is 0 Å². The van der Waals surface area contributed by atoms with Gasteiger partial charge in [-0.2, -0.15) is 0 Å². The minimum Gasteiger partial charge on any atom is -0.0625 e. The molecular weight excluding hydrogens is 192 g/mol. The van der Waals surface area contributed by atoms with Gasteiger partial charge in [0, 0.05) is 0 Å². The van der Waals surface area contributed by atoms with E-state index in [2.05, 4.69) is 27.7 Å². The largest absolute Gasteiger partial charge is 0.0625 e. The third-order valence-corrected chi connectivity index (χ3v) is 5.65. The second-order valence-corrected chi connectivity index (χ2v) is 7.07. The van der Waals surface area contributed by atoms with Crippen molar-refractivity contribution in [2.75, 3.05) is 0 Å². The molecule has 0 heterocycles. The summed E-state index contributed by atoms with van der Waals surface area (Å²) in [6.45, 7) is 9.88. The molecule has 0 saturated heterocycles. The van der Waals surface area contributed by atoms with E-state index in [4.69, 9.17) is 0 Å². The highest BCUT2D eigenvalue weighted by atomic mass is 14.4. The van der Waals surface area contributed by atoms with Crippen LogP contribution in [0.2, 0.25) is 0 Å². The van der Waals surface area contributed by atoms with Crippen LogP contribution in [0.15, 0.2) is 0 Å². The Hall–Kier alpha value is 0. The maximum Gasteiger partial charge on any atom is -0.0383 e. The average Bonchev–Trinajstić information content (AvgIpc) is 2.94. The molecule has 2 saturated carbocycles. The summed E-state index contributed by atoms with van der Waals surface area (Å²) in [4.78, 5) is 0. The molecular formula is C16H30. The molecule has 0 aromatic rings. The Bertz CT molecular complexity index is 212. The minimum atomic E-state index is 0.966. The number of hydrogen-bond donors (Lipinski definition) is 0. The molecule has 0 aliphatic heterocycles. The zero-order chi connectivity index (χ0) is 11.7. The fourth-order valence-corrected chi connectivity index (χ4v) is 3.70. The first-order valence-electron chi connectivity index (χ1n) is 7.58. The van der Waals surface area contributed by atoms with Crippen LogP contribution in [0.3, 0.4) is 0 Å². The van der Waals surface area contributed by atoms with E-state index in [1.54, 1.807) is 0 Å². The average molecular weight is 222 g/mol. The smallest absolute Gasteiger partial charge is 0.0383 e. The monoisotopic (exact) mass is 222 g/mol. The topological polar surface area (TPSA) is 0 Å². The van der Waals surface area contributed by atoms with Crippen LogP contribution in [0, 0.1) is 35.5 Å². The molecule has 4 unspecified atom stereocenters. The van der Waals surface area contributed by atoms with Crippen molar-refractivity contribution in [1.82, 2.24) is 0 Å². The van der Waals surface area contributed by atoms with Crippen molar-refractivity contribution in [2.45, 2.75) is 66.2 Å². The van der Waals surface area contributed by atoms with Gasteiger partial charge in [-0.3, -0.25) is 0 Å². The van der Waals surface area contributed by atoms with Crippen molar-refractivity contribution in [1.29, 1.82) is 0 Å². The lowest BCUT2D eigenvalue weighted by molar-refractivity contribution is 0.169. The highest BCUT2D eigenvalue weighted by Gasteiger charge is 2.36. The van der Waals surface area contributed by atoms with Crippen molar-refractivity contribution in [3.8, 4) is 0 Å². The van der Waals surface area contributed by atoms with Crippen molar-refractivity contribution < 1.29 is 0 Å². The fraction of sp³-hybridized carbons (Fsp3) is 1.00. The summed E-state index contributed by atoms with van der Waals surface area (Å²) in [5.41, 5.74) is 0. The predicted octanol–water partition coefficient (Wildman–Crippen LogP) is 5.13. The highest BCUT2D eigenvalue weighted by Crippen LogP contribution is 2.45. The molecule has 94 valence electrons. The quantitative estimate of drug-likeness (QED) is 0.618. The second kappa shape index (κ2) is 5.10. The van der Waals surface area contributed by atoms with Gasteiger partial charge in [0.1, 0.15) is 0 Å². The van der Waals surface area contributed by atoms with Crippen LogP contribution in [-0.2, 0) is 0 Å². The van der Waals surface area contributed by atoms with Gasteiger partial charge < -0.3 is 0 Å². The molecule has 0 heteroatoms. The molecule has 0 bridgehead atoms. The van der Waals surface area contributed by atoms with Crippen LogP contribution in [0.5, 0.6) is 0 Å². The van der Waals surface area contributed by atoms with E-state index < -0.39 is 0 Å². The molecule has 16 heavy (non-hydrogen) atoms. The third kappa shape index (κ3) is 3.02. The van der Waals surface area contributed by atoms with Gasteiger partial charge in [-0.05, 0) is 61.2 Å². The first-order chi connectivity index (χ1) is 7.58. The van der Waals surface area contributed by atoms with Gasteiger partial charge >= 0.3 is 0 Å². The van der Waals surface area contributed by atoms with Crippen LogP contribution in [0.1, 0.15) is 66.2 Å². The van der Waals surface area contributed by atoms with E-state index in [9.17, 15) is 0 Å². The lowest BCUT2D eigenvalue weighted by Gasteiger charge is -2.34. The van der Waals surface area contributed by atoms with Gasteiger partial charge in [0.25, 0.3) is 0 Å². The molecule has 2 aliphatic carbocycles. The number of hydrogen-bond acceptors (Lipinski definition) is 0. The van der Waals surface area contributed by atoms with Gasteiger partial charge in [-0.25, -0.2) is 0 Å². The zero-order valence-electron chi connectivity index (χ0n) is 11.7. The Balaban J connectivity index is 1.75. The maximum atomic E-state index is 2.53. The summed E-state index contributed by atoms with van der Waals surface area (Å²) in [6.07, 6.45) is 9.01. The van der Waals surface area contributed by atoms with E-state index >= 15 is 0 Å². The maximum absolute atomic E-state index is 2.53. The van der Waals surface area contributed by atoms with Crippen LogP contribution in [0.4, 0.5) is 0 Å². The summed E-state index contributed by atoms with van der Waals surface area (Å²) < 4.78 is 0. The zero-order valence-corrected chi connectivity index (χ0v) is 11.7. The van der Waals surface area contributed by atoms with Crippen molar-refractivity contribution >= 4 is 0 Å². The summed E-state index contributed by atoms with van der Waals surface area (Å²) in [7, 11) is 0. The summed E-state index contributed by atoms with van der Waals surface area (Å²) in [6, 6.07) is 0. The molecule has 0 nitrogen and oxygen atoms in total. The van der Waals surface area contributed by atoms with Crippen LogP contribution in [-0.4, -0.2) is 0 Å². The van der Waals surface area contributed by atoms with Crippen molar-refractivity contribution in [2.24, 2.45) is 35.5 Å². The molecule has 2 fully saturated rings. The molecule has 0 aromatic heterocycles. The van der Waals surface area contributed by atoms with Gasteiger partial charge in [0.2, 0.25) is 0 Å². The first-order valence-corrected chi connectivity index (χ1v) is 7.58. The van der Waals surface area contributed by atoms with Crippen molar-refractivity contribution in [3.05, 3.63) is 0 Å². The van der Waals surface area contributed by atoms with E-state index in [1.807, 2.05) is 0 Å². The Morgan fingerprint density at radius 1 is 1.00 bits per heavy atom. The molecule has 4 atom stereocenters. The fourth-order valence-electron chi connectivity index (χ4n) is 3.70. The molecule has 0 aromatic carbocycles. The van der Waals surface area contributed by atoms with Gasteiger partial charge in [0.05, 0.1) is 0 Å². The molecule has 0 spiro atoms. The summed E-state index contributed by atoms with van der Waals surface area (Å²) in [5, 5.41) is 0. The Kier molecular flexibility index (Phi) is 3.97. The van der Waals surface area contributed by atoms with E-state index in [1.165, 1.54) is 38.5 Å². The highest BCUT2D eigenvalue weighted by molar-refractivity contribution is 4.86. The molecule has 0 N–H and O–H groups in total. The Morgan fingerprint density at radius 3 is 2.06 bits per heavy atom. The van der Waals surface area contributed by atoms with E-state index in [0.29, 0.717) is 0 Å². The normalized spacial score (nSPS) is 42.8. The Labute approximate surface area is 102 Å².